The number of hydrogen-bond donors (Lipinski definition) is 1. The quantitative estimate of drug-likeness (QED) is 0.387. The molecule has 0 spiro atoms. The number of hydrogen-bond acceptors (Lipinski definition) is 11. The fraction of sp³-hybridized carbons (Fsp3) is 0.167. The van der Waals surface area contributed by atoms with Crippen LogP contribution in [0, 0.1) is 11.8 Å². The summed E-state index contributed by atoms with van der Waals surface area (Å²) in [6.45, 7) is 0. The molecule has 0 aliphatic heterocycles. The molecule has 1 N–H and O–H groups in total. The van der Waals surface area contributed by atoms with E-state index in [0.29, 0.717) is 0 Å². The maximum absolute atomic E-state index is 11.8. The molecule has 3 heterocycles. The second kappa shape index (κ2) is 8.73. The van der Waals surface area contributed by atoms with Gasteiger partial charge < -0.3 is 5.11 Å². The molecule has 0 saturated heterocycles. The monoisotopic (exact) mass is 474 g/mol. The molecule has 3 rings (SSSR count). The summed E-state index contributed by atoms with van der Waals surface area (Å²) in [6.07, 6.45) is 3.62. The molecule has 12 nitrogen and oxygen atoms in total. The highest BCUT2D eigenvalue weighted by atomic mass is 32.2. The third-order valence-electron chi connectivity index (χ3n) is 3.73. The number of aliphatic carboxylic acids is 1. The number of nitrogens with zero attached hydrogens (tertiary/aromatic N) is 6. The molecule has 32 heavy (non-hydrogen) atoms. The van der Waals surface area contributed by atoms with E-state index in [-0.39, 0.29) is 38.7 Å². The smallest absolute Gasteiger partial charge is 0.315 e. The van der Waals surface area contributed by atoms with Crippen LogP contribution in [0.15, 0.2) is 40.9 Å². The summed E-state index contributed by atoms with van der Waals surface area (Å²) in [5.41, 5.74) is 0.536. The Bertz CT molecular complexity index is 1400. The number of sulfone groups is 2. The van der Waals surface area contributed by atoms with Crippen LogP contribution < -0.4 is 0 Å². The summed E-state index contributed by atoms with van der Waals surface area (Å²) >= 11 is 0. The normalized spacial score (nSPS) is 11.4. The molecule has 3 aromatic heterocycles. The van der Waals surface area contributed by atoms with Crippen LogP contribution in [0.25, 0.3) is 22.8 Å². The average Bonchev–Trinajstić information content (AvgIpc) is 2.72. The van der Waals surface area contributed by atoms with Gasteiger partial charge in [-0.1, -0.05) is 5.92 Å². The maximum Gasteiger partial charge on any atom is 0.315 e. The summed E-state index contributed by atoms with van der Waals surface area (Å²) < 4.78 is 47.3. The van der Waals surface area contributed by atoms with Crippen LogP contribution in [0.1, 0.15) is 12.2 Å². The van der Waals surface area contributed by atoms with Crippen LogP contribution >= 0.6 is 0 Å². The number of aromatic nitrogens is 6. The molecule has 0 unspecified atom stereocenters. The zero-order valence-electron chi connectivity index (χ0n) is 16.6. The SMILES string of the molecule is CS(=O)(=O)c1cc(-c2cc(-c3cc(S(C)(=O)=O)ncn3)nc(C#CCC(=O)O)n2)ncn1. The minimum absolute atomic E-state index is 0.0993. The number of rotatable bonds is 5. The first-order valence-electron chi connectivity index (χ1n) is 8.58. The molecule has 164 valence electrons. The Kier molecular flexibility index (Phi) is 6.23. The average molecular weight is 474 g/mol. The zero-order valence-corrected chi connectivity index (χ0v) is 18.2. The fourth-order valence-corrected chi connectivity index (χ4v) is 3.46. The molecular weight excluding hydrogens is 460 g/mol. The van der Waals surface area contributed by atoms with Crippen LogP contribution in [-0.4, -0.2) is 70.3 Å². The van der Waals surface area contributed by atoms with Crippen molar-refractivity contribution in [3.63, 3.8) is 0 Å². The first-order chi connectivity index (χ1) is 14.9. The Labute approximate surface area is 182 Å². The van der Waals surface area contributed by atoms with E-state index in [4.69, 9.17) is 5.11 Å². The zero-order chi connectivity index (χ0) is 23.5. The summed E-state index contributed by atoms with van der Waals surface area (Å²) in [4.78, 5) is 34.6. The Morgan fingerprint density at radius 2 is 1.28 bits per heavy atom. The second-order valence-electron chi connectivity index (χ2n) is 6.36. The van der Waals surface area contributed by atoms with Crippen molar-refractivity contribution in [1.29, 1.82) is 0 Å². The van der Waals surface area contributed by atoms with Gasteiger partial charge in [-0.3, -0.25) is 4.79 Å². The highest BCUT2D eigenvalue weighted by molar-refractivity contribution is 7.90. The van der Waals surface area contributed by atoms with Crippen molar-refractivity contribution in [2.24, 2.45) is 0 Å². The van der Waals surface area contributed by atoms with Gasteiger partial charge in [-0.2, -0.15) is 0 Å². The van der Waals surface area contributed by atoms with Crippen molar-refractivity contribution in [3.8, 4) is 34.6 Å². The molecule has 0 radical (unpaired) electrons. The maximum atomic E-state index is 11.8. The first-order valence-corrected chi connectivity index (χ1v) is 12.4. The van der Waals surface area contributed by atoms with Crippen molar-refractivity contribution < 1.29 is 26.7 Å². The van der Waals surface area contributed by atoms with E-state index in [0.717, 1.165) is 25.2 Å². The van der Waals surface area contributed by atoms with Crippen molar-refractivity contribution in [1.82, 2.24) is 29.9 Å². The highest BCUT2D eigenvalue weighted by Crippen LogP contribution is 2.23. The van der Waals surface area contributed by atoms with Crippen LogP contribution in [0.3, 0.4) is 0 Å². The standard InChI is InChI=1S/C18H14N6O6S2/c1-31(27,28)16-7-11(19-9-21-16)13-6-14(24-15(23-13)4-3-5-18(25)26)12-8-17(22-10-20-12)32(2,29)30/h6-10H,5H2,1-2H3,(H,25,26). The molecule has 0 bridgehead atoms. The summed E-state index contributed by atoms with van der Waals surface area (Å²) in [7, 11) is -7.25. The van der Waals surface area contributed by atoms with Crippen molar-refractivity contribution >= 4 is 25.6 Å². The molecule has 14 heteroatoms. The van der Waals surface area contributed by atoms with Crippen LogP contribution in [-0.2, 0) is 24.5 Å². The lowest BCUT2D eigenvalue weighted by Gasteiger charge is -2.07. The van der Waals surface area contributed by atoms with E-state index < -0.39 is 32.1 Å². The fourth-order valence-electron chi connectivity index (χ4n) is 2.33. The van der Waals surface area contributed by atoms with Gasteiger partial charge in [0.2, 0.25) is 5.82 Å². The summed E-state index contributed by atoms with van der Waals surface area (Å²) in [6, 6.07) is 3.82. The Morgan fingerprint density at radius 1 is 0.812 bits per heavy atom. The van der Waals surface area contributed by atoms with Crippen molar-refractivity contribution in [3.05, 3.63) is 36.7 Å². The molecule has 3 aromatic rings. The van der Waals surface area contributed by atoms with E-state index in [2.05, 4.69) is 41.7 Å². The molecule has 0 aliphatic rings. The molecule has 0 fully saturated rings. The molecule has 0 aliphatic carbocycles. The molecular formula is C18H14N6O6S2. The third kappa shape index (κ3) is 5.65. The largest absolute Gasteiger partial charge is 0.481 e. The summed E-state index contributed by atoms with van der Waals surface area (Å²) in [5.74, 6) is 3.67. The van der Waals surface area contributed by atoms with E-state index in [1.807, 2.05) is 0 Å². The molecule has 0 atom stereocenters. The molecule has 0 saturated carbocycles. The topological polar surface area (TPSA) is 183 Å². The Hall–Kier alpha value is -3.83. The predicted octanol–water partition coefficient (Wildman–Crippen LogP) is 0.0238. The van der Waals surface area contributed by atoms with Crippen LogP contribution in [0.2, 0.25) is 0 Å². The van der Waals surface area contributed by atoms with E-state index in [1.165, 1.54) is 18.2 Å². The van der Waals surface area contributed by atoms with Gasteiger partial charge in [-0.05, 0) is 12.0 Å². The first kappa shape index (κ1) is 22.8. The number of carboxylic acid groups (broad SMARTS) is 1. The van der Waals surface area contributed by atoms with Gasteiger partial charge in [-0.25, -0.2) is 46.7 Å². The number of carbonyl (C=O) groups is 1. The molecule has 0 amide bonds. The lowest BCUT2D eigenvalue weighted by atomic mass is 10.2. The Morgan fingerprint density at radius 3 is 1.69 bits per heavy atom. The van der Waals surface area contributed by atoms with E-state index in [1.54, 1.807) is 0 Å². The van der Waals surface area contributed by atoms with Gasteiger partial charge in [0.25, 0.3) is 0 Å². The highest BCUT2D eigenvalue weighted by Gasteiger charge is 2.16. The van der Waals surface area contributed by atoms with Gasteiger partial charge in [0.05, 0.1) is 22.8 Å². The van der Waals surface area contributed by atoms with Crippen LogP contribution in [0.5, 0.6) is 0 Å². The van der Waals surface area contributed by atoms with E-state index in [9.17, 15) is 21.6 Å². The molecule has 0 aromatic carbocycles. The summed E-state index contributed by atoms with van der Waals surface area (Å²) in [5, 5.41) is 8.31. The second-order valence-corrected chi connectivity index (χ2v) is 10.3. The minimum atomic E-state index is -3.63. The van der Waals surface area contributed by atoms with Crippen LogP contribution in [0.4, 0.5) is 0 Å². The van der Waals surface area contributed by atoms with Gasteiger partial charge in [0, 0.05) is 24.6 Å². The van der Waals surface area contributed by atoms with E-state index >= 15 is 0 Å². The third-order valence-corrected chi connectivity index (χ3v) is 5.70. The lowest BCUT2D eigenvalue weighted by molar-refractivity contribution is -0.135. The van der Waals surface area contributed by atoms with Gasteiger partial charge >= 0.3 is 5.97 Å². The van der Waals surface area contributed by atoms with Gasteiger partial charge in [0.15, 0.2) is 29.7 Å². The van der Waals surface area contributed by atoms with Gasteiger partial charge in [-0.15, -0.1) is 0 Å². The van der Waals surface area contributed by atoms with Gasteiger partial charge in [0.1, 0.15) is 19.1 Å². The van der Waals surface area contributed by atoms with Crippen molar-refractivity contribution in [2.45, 2.75) is 16.5 Å². The Balaban J connectivity index is 2.21. The lowest BCUT2D eigenvalue weighted by Crippen LogP contribution is -2.04. The predicted molar refractivity (Wildman–Crippen MR) is 109 cm³/mol. The minimum Gasteiger partial charge on any atom is -0.481 e. The van der Waals surface area contributed by atoms with Crippen molar-refractivity contribution in [2.75, 3.05) is 12.5 Å². The number of carboxylic acids is 1.